The number of nitrogens with one attached hydrogen (secondary N) is 2. The summed E-state index contributed by atoms with van der Waals surface area (Å²) in [5.74, 6) is -0.0826. The van der Waals surface area contributed by atoms with Gasteiger partial charge in [-0.15, -0.1) is 11.8 Å². The van der Waals surface area contributed by atoms with Crippen molar-refractivity contribution in [1.82, 2.24) is 15.5 Å². The summed E-state index contributed by atoms with van der Waals surface area (Å²) in [5, 5.41) is 6.24. The number of nitrogens with zero attached hydrogens (tertiary/aromatic N) is 1. The average Bonchev–Trinajstić information content (AvgIpc) is 3.21. The lowest BCUT2D eigenvalue weighted by molar-refractivity contribution is -0.143. The van der Waals surface area contributed by atoms with Gasteiger partial charge in [-0.05, 0) is 42.6 Å². The molecule has 1 aromatic rings. The highest BCUT2D eigenvalue weighted by atomic mass is 32.2. The third-order valence-corrected chi connectivity index (χ3v) is 7.06. The highest BCUT2D eigenvalue weighted by Gasteiger charge is 2.38. The van der Waals surface area contributed by atoms with Crippen LogP contribution < -0.4 is 10.6 Å². The lowest BCUT2D eigenvalue weighted by Gasteiger charge is -2.32. The fourth-order valence-corrected chi connectivity index (χ4v) is 4.38. The van der Waals surface area contributed by atoms with Crippen molar-refractivity contribution in [2.45, 2.75) is 60.0 Å². The van der Waals surface area contributed by atoms with Gasteiger partial charge in [0.15, 0.2) is 0 Å². The average molecular weight is 432 g/mol. The van der Waals surface area contributed by atoms with E-state index in [0.717, 1.165) is 29.7 Å². The van der Waals surface area contributed by atoms with Gasteiger partial charge in [0.2, 0.25) is 11.8 Å². The van der Waals surface area contributed by atoms with Crippen molar-refractivity contribution in [3.05, 3.63) is 41.1 Å². The van der Waals surface area contributed by atoms with Crippen molar-refractivity contribution >= 4 is 28.5 Å². The molecule has 2 N–H and O–H groups in total. The summed E-state index contributed by atoms with van der Waals surface area (Å²) in [7, 11) is 1.93. The van der Waals surface area contributed by atoms with E-state index < -0.39 is 0 Å². The van der Waals surface area contributed by atoms with Crippen molar-refractivity contribution in [3.63, 3.8) is 0 Å². The van der Waals surface area contributed by atoms with Crippen LogP contribution in [0.2, 0.25) is 0 Å². The van der Waals surface area contributed by atoms with E-state index >= 15 is 0 Å². The highest BCUT2D eigenvalue weighted by Crippen LogP contribution is 2.30. The predicted octanol–water partition coefficient (Wildman–Crippen LogP) is 4.25. The van der Waals surface area contributed by atoms with Crippen LogP contribution in [0.1, 0.15) is 58.6 Å². The van der Waals surface area contributed by atoms with Gasteiger partial charge < -0.3 is 15.5 Å². The molecule has 0 spiro atoms. The fourth-order valence-electron chi connectivity index (χ4n) is 3.60. The Morgan fingerprint density at radius 1 is 1.23 bits per heavy atom. The third-order valence-electron chi connectivity index (χ3n) is 6.11. The molecule has 0 saturated carbocycles. The lowest BCUT2D eigenvalue weighted by atomic mass is 9.81. The topological polar surface area (TPSA) is 61.4 Å². The van der Waals surface area contributed by atoms with Crippen molar-refractivity contribution in [2.24, 2.45) is 11.3 Å². The molecule has 1 aliphatic rings. The molecule has 1 aromatic carbocycles. The van der Waals surface area contributed by atoms with E-state index in [2.05, 4.69) is 56.7 Å². The van der Waals surface area contributed by atoms with Gasteiger partial charge >= 0.3 is 0 Å². The van der Waals surface area contributed by atoms with Crippen LogP contribution in [0, 0.1) is 11.3 Å². The zero-order chi connectivity index (χ0) is 22.5. The van der Waals surface area contributed by atoms with Crippen LogP contribution in [0.3, 0.4) is 0 Å². The van der Waals surface area contributed by atoms with Gasteiger partial charge in [-0.3, -0.25) is 9.59 Å². The van der Waals surface area contributed by atoms with Crippen LogP contribution >= 0.6 is 11.8 Å². The number of allylic oxidation sites excluding steroid dienone is 1. The Morgan fingerprint density at radius 2 is 1.87 bits per heavy atom. The minimum Gasteiger partial charge on any atom is -0.391 e. The quantitative estimate of drug-likeness (QED) is 0.678. The first-order valence-corrected chi connectivity index (χ1v) is 11.9. The van der Waals surface area contributed by atoms with E-state index in [9.17, 15) is 9.59 Å². The summed E-state index contributed by atoms with van der Waals surface area (Å²) >= 11 is 1.71. The summed E-state index contributed by atoms with van der Waals surface area (Å²) in [4.78, 5) is 28.7. The summed E-state index contributed by atoms with van der Waals surface area (Å²) in [5.41, 5.74) is 3.24. The molecule has 1 saturated heterocycles. The summed E-state index contributed by atoms with van der Waals surface area (Å²) in [6.07, 6.45) is 3.68. The maximum absolute atomic E-state index is 12.9. The van der Waals surface area contributed by atoms with Gasteiger partial charge in [0.1, 0.15) is 6.04 Å². The number of carbonyl (C=O) groups is 2. The number of hydrogen-bond acceptors (Lipinski definition) is 4. The number of rotatable bonds is 7. The van der Waals surface area contributed by atoms with Crippen LogP contribution in [0.15, 0.2) is 30.0 Å². The van der Waals surface area contributed by atoms with Crippen molar-refractivity contribution < 1.29 is 9.59 Å². The molecule has 6 heteroatoms. The smallest absolute Gasteiger partial charge is 0.243 e. The van der Waals surface area contributed by atoms with Gasteiger partial charge in [0.25, 0.3) is 0 Å². The zero-order valence-electron chi connectivity index (χ0n) is 19.5. The number of amides is 2. The van der Waals surface area contributed by atoms with Gasteiger partial charge in [-0.2, -0.15) is 0 Å². The monoisotopic (exact) mass is 431 g/mol. The van der Waals surface area contributed by atoms with E-state index in [0.29, 0.717) is 13.1 Å². The first kappa shape index (κ1) is 24.3. The molecule has 2 unspecified atom stereocenters. The normalized spacial score (nSPS) is 18.6. The number of thioether (sulfide) groups is 1. The molecule has 0 bridgehead atoms. The molecule has 166 valence electrons. The van der Waals surface area contributed by atoms with E-state index in [1.807, 2.05) is 26.1 Å². The van der Waals surface area contributed by atoms with Crippen molar-refractivity contribution in [3.8, 4) is 0 Å². The van der Waals surface area contributed by atoms with E-state index in [1.165, 1.54) is 4.91 Å². The van der Waals surface area contributed by atoms with Crippen LogP contribution in [0.4, 0.5) is 0 Å². The highest BCUT2D eigenvalue weighted by molar-refractivity contribution is 8.07. The van der Waals surface area contributed by atoms with E-state index in [4.69, 9.17) is 0 Å². The largest absolute Gasteiger partial charge is 0.391 e. The Balaban J connectivity index is 2.00. The molecular weight excluding hydrogens is 394 g/mol. The Hall–Kier alpha value is -1.95. The molecule has 1 aliphatic heterocycles. The Bertz CT molecular complexity index is 781. The summed E-state index contributed by atoms with van der Waals surface area (Å²) < 4.78 is 0. The molecule has 2 rings (SSSR count). The summed E-state index contributed by atoms with van der Waals surface area (Å²) in [6.45, 7) is 11.4. The second kappa shape index (κ2) is 10.4. The molecule has 5 nitrogen and oxygen atoms in total. The van der Waals surface area contributed by atoms with Gasteiger partial charge in [0.05, 0.1) is 0 Å². The zero-order valence-corrected chi connectivity index (χ0v) is 20.3. The Kier molecular flexibility index (Phi) is 8.42. The second-order valence-electron chi connectivity index (χ2n) is 9.10. The molecule has 0 radical (unpaired) electrons. The van der Waals surface area contributed by atoms with Crippen LogP contribution in [0.25, 0.3) is 4.91 Å². The lowest BCUT2D eigenvalue weighted by Crippen LogP contribution is -2.49. The Morgan fingerprint density at radius 3 is 2.40 bits per heavy atom. The maximum Gasteiger partial charge on any atom is 0.243 e. The second-order valence-corrected chi connectivity index (χ2v) is 9.92. The third kappa shape index (κ3) is 5.81. The molecule has 0 aliphatic carbocycles. The van der Waals surface area contributed by atoms with Crippen LogP contribution in [-0.4, -0.2) is 42.6 Å². The SMILES string of the molecule is CN/C(C)=C(\SC)c1ccc(CNC(=O)C2CCCN2C(=O)C(C)C(C)(C)C)cc1. The van der Waals surface area contributed by atoms with E-state index in [1.54, 1.807) is 16.7 Å². The minimum atomic E-state index is -0.356. The molecule has 2 amide bonds. The molecular formula is C24H37N3O2S. The molecule has 1 heterocycles. The van der Waals surface area contributed by atoms with Crippen molar-refractivity contribution in [1.29, 1.82) is 0 Å². The van der Waals surface area contributed by atoms with Crippen LogP contribution in [-0.2, 0) is 16.1 Å². The minimum absolute atomic E-state index is 0.0539. The fraction of sp³-hybridized carbons (Fsp3) is 0.583. The van der Waals surface area contributed by atoms with Gasteiger partial charge in [-0.25, -0.2) is 0 Å². The summed E-state index contributed by atoms with van der Waals surface area (Å²) in [6, 6.07) is 7.92. The van der Waals surface area contributed by atoms with Gasteiger partial charge in [0, 0.05) is 36.7 Å². The first-order valence-electron chi connectivity index (χ1n) is 10.7. The number of benzene rings is 1. The molecule has 30 heavy (non-hydrogen) atoms. The van der Waals surface area contributed by atoms with Crippen molar-refractivity contribution in [2.75, 3.05) is 19.8 Å². The number of likely N-dealkylation sites (tertiary alicyclic amines) is 1. The van der Waals surface area contributed by atoms with E-state index in [-0.39, 0.29) is 29.2 Å². The molecule has 0 aromatic heterocycles. The molecule has 1 fully saturated rings. The van der Waals surface area contributed by atoms with Crippen LogP contribution in [0.5, 0.6) is 0 Å². The molecule has 2 atom stereocenters. The number of carbonyl (C=O) groups excluding carboxylic acids is 2. The van der Waals surface area contributed by atoms with Gasteiger partial charge in [-0.1, -0.05) is 52.0 Å². The predicted molar refractivity (Wildman–Crippen MR) is 127 cm³/mol. The maximum atomic E-state index is 12.9. The number of hydrogen-bond donors (Lipinski definition) is 2. The standard InChI is InChI=1S/C24H37N3O2S/c1-16(24(3,4)5)23(29)27-14-8-9-20(27)22(28)26-15-18-10-12-19(13-11-18)21(30-7)17(2)25-6/h10-13,16,20,25H,8-9,14-15H2,1-7H3,(H,26,28)/b21-17-. The Labute approximate surface area is 186 Å². The first-order chi connectivity index (χ1) is 14.1.